The minimum atomic E-state index is -0.926. The summed E-state index contributed by atoms with van der Waals surface area (Å²) in [5.41, 5.74) is 6.92. The maximum absolute atomic E-state index is 11.6. The van der Waals surface area contributed by atoms with Gasteiger partial charge in [-0.05, 0) is 60.5 Å². The Morgan fingerprint density at radius 1 is 1.13 bits per heavy atom. The zero-order valence-electron chi connectivity index (χ0n) is 17.4. The lowest BCUT2D eigenvalue weighted by Crippen LogP contribution is -2.15. The lowest BCUT2D eigenvalue weighted by Gasteiger charge is -2.23. The molecule has 0 saturated heterocycles. The summed E-state index contributed by atoms with van der Waals surface area (Å²) in [4.78, 5) is 18.2. The van der Waals surface area contributed by atoms with Gasteiger partial charge in [0.15, 0.2) is 0 Å². The van der Waals surface area contributed by atoms with Gasteiger partial charge in [0.2, 0.25) is 0 Å². The van der Waals surface area contributed by atoms with Crippen LogP contribution in [0.15, 0.2) is 60.8 Å². The summed E-state index contributed by atoms with van der Waals surface area (Å²) < 4.78 is 1.89. The van der Waals surface area contributed by atoms with E-state index in [9.17, 15) is 9.90 Å². The number of hydrogen-bond donors (Lipinski definition) is 1. The highest BCUT2D eigenvalue weighted by atomic mass is 16.4. The smallest absolute Gasteiger partial charge is 0.336 e. The van der Waals surface area contributed by atoms with Gasteiger partial charge in [-0.25, -0.2) is 4.79 Å². The third kappa shape index (κ3) is 3.17. The normalized spacial score (nSPS) is 12.6. The van der Waals surface area contributed by atoms with Crippen LogP contribution in [0.3, 0.4) is 0 Å². The predicted molar refractivity (Wildman–Crippen MR) is 123 cm³/mol. The molecule has 6 heteroatoms. The minimum absolute atomic E-state index is 0.306. The molecule has 2 aromatic carbocycles. The highest BCUT2D eigenvalue weighted by Gasteiger charge is 2.24. The topological polar surface area (TPSA) is 71.2 Å². The van der Waals surface area contributed by atoms with Crippen molar-refractivity contribution in [3.05, 3.63) is 83.3 Å². The molecule has 0 bridgehead atoms. The Hall–Kier alpha value is -3.93. The van der Waals surface area contributed by atoms with Crippen molar-refractivity contribution in [2.45, 2.75) is 13.3 Å². The molecule has 0 unspecified atom stereocenters. The van der Waals surface area contributed by atoms with Gasteiger partial charge in [-0.15, -0.1) is 0 Å². The van der Waals surface area contributed by atoms with E-state index in [0.717, 1.165) is 45.7 Å². The van der Waals surface area contributed by atoms with E-state index in [1.165, 1.54) is 0 Å². The lowest BCUT2D eigenvalue weighted by atomic mass is 10.0. The van der Waals surface area contributed by atoms with Crippen LogP contribution in [-0.4, -0.2) is 32.4 Å². The lowest BCUT2D eigenvalue weighted by molar-refractivity contribution is 0.0695. The zero-order chi connectivity index (χ0) is 21.5. The van der Waals surface area contributed by atoms with Gasteiger partial charge in [-0.3, -0.25) is 9.67 Å². The second kappa shape index (κ2) is 7.40. The van der Waals surface area contributed by atoms with E-state index in [0.29, 0.717) is 17.7 Å². The monoisotopic (exact) mass is 410 g/mol. The highest BCUT2D eigenvalue weighted by Crippen LogP contribution is 2.36. The van der Waals surface area contributed by atoms with Crippen LogP contribution in [-0.2, 0) is 13.5 Å². The van der Waals surface area contributed by atoms with Crippen molar-refractivity contribution in [2.24, 2.45) is 7.05 Å². The van der Waals surface area contributed by atoms with Crippen molar-refractivity contribution in [2.75, 3.05) is 11.4 Å². The van der Waals surface area contributed by atoms with Crippen molar-refractivity contribution in [1.29, 1.82) is 0 Å². The van der Waals surface area contributed by atoms with Crippen molar-refractivity contribution in [3.63, 3.8) is 0 Å². The molecule has 6 nitrogen and oxygen atoms in total. The molecule has 1 aliphatic rings. The molecule has 0 saturated carbocycles. The Kier molecular flexibility index (Phi) is 4.55. The van der Waals surface area contributed by atoms with Gasteiger partial charge in [0.1, 0.15) is 0 Å². The van der Waals surface area contributed by atoms with Gasteiger partial charge >= 0.3 is 5.97 Å². The van der Waals surface area contributed by atoms with Crippen molar-refractivity contribution >= 4 is 39.9 Å². The van der Waals surface area contributed by atoms with E-state index >= 15 is 0 Å². The quantitative estimate of drug-likeness (QED) is 0.506. The van der Waals surface area contributed by atoms with Gasteiger partial charge in [0.25, 0.3) is 0 Å². The number of anilines is 2. The predicted octanol–water partition coefficient (Wildman–Crippen LogP) is 4.92. The maximum Gasteiger partial charge on any atom is 0.336 e. The Bertz CT molecular complexity index is 1340. The molecule has 1 aliphatic carbocycles. The van der Waals surface area contributed by atoms with Crippen LogP contribution in [0, 0.1) is 0 Å². The summed E-state index contributed by atoms with van der Waals surface area (Å²) in [7, 11) is 1.94. The fraction of sp³-hybridized carbons (Fsp3) is 0.160. The summed E-state index contributed by atoms with van der Waals surface area (Å²) in [6.07, 6.45) is 4.02. The van der Waals surface area contributed by atoms with Gasteiger partial charge in [0, 0.05) is 43.0 Å². The summed E-state index contributed by atoms with van der Waals surface area (Å²) in [6, 6.07) is 18.3. The number of allylic oxidation sites excluding steroid dienone is 1. The van der Waals surface area contributed by atoms with Crippen LogP contribution < -0.4 is 4.90 Å². The first-order valence-electron chi connectivity index (χ1n) is 10.3. The molecular weight excluding hydrogens is 388 g/mol. The second-order valence-electron chi connectivity index (χ2n) is 7.63. The van der Waals surface area contributed by atoms with Crippen LogP contribution in [0.25, 0.3) is 22.6 Å². The molecule has 5 rings (SSSR count). The van der Waals surface area contributed by atoms with E-state index in [1.54, 1.807) is 12.3 Å². The summed E-state index contributed by atoms with van der Waals surface area (Å²) in [5, 5.41) is 15.3. The summed E-state index contributed by atoms with van der Waals surface area (Å²) in [6.45, 7) is 2.99. The molecule has 31 heavy (non-hydrogen) atoms. The van der Waals surface area contributed by atoms with E-state index in [1.807, 2.05) is 36.0 Å². The first-order valence-corrected chi connectivity index (χ1v) is 10.3. The number of carbonyl (C=O) groups is 1. The summed E-state index contributed by atoms with van der Waals surface area (Å²) in [5.74, 6) is -0.926. The highest BCUT2D eigenvalue weighted by molar-refractivity contribution is 6.01. The zero-order valence-corrected chi connectivity index (χ0v) is 17.4. The van der Waals surface area contributed by atoms with Gasteiger partial charge in [0.05, 0.1) is 22.5 Å². The molecule has 2 heterocycles. The average molecular weight is 410 g/mol. The Labute approximate surface area is 180 Å². The van der Waals surface area contributed by atoms with E-state index in [-0.39, 0.29) is 0 Å². The van der Waals surface area contributed by atoms with Gasteiger partial charge < -0.3 is 10.0 Å². The van der Waals surface area contributed by atoms with Gasteiger partial charge in [-0.1, -0.05) is 18.2 Å². The number of aromatic nitrogens is 3. The molecule has 154 valence electrons. The minimum Gasteiger partial charge on any atom is -0.478 e. The number of rotatable bonds is 5. The number of carboxylic acids is 1. The third-order valence-electron chi connectivity index (χ3n) is 5.83. The van der Waals surface area contributed by atoms with E-state index in [4.69, 9.17) is 5.10 Å². The number of hydrogen-bond acceptors (Lipinski definition) is 4. The molecule has 0 fully saturated rings. The van der Waals surface area contributed by atoms with E-state index in [2.05, 4.69) is 47.1 Å². The fourth-order valence-electron chi connectivity index (χ4n) is 4.35. The maximum atomic E-state index is 11.6. The van der Waals surface area contributed by atoms with Crippen LogP contribution in [0.2, 0.25) is 0 Å². The standard InChI is InChI=1S/C25H22N4O2/c1-3-29(17-7-5-4-6-8-17)18-9-10-20-23(15-18)28(2)27-24(20)16-13-21-19(25(30)31)11-12-26-22(21)14-16/h4-12,14-15H,3,13H2,1-2H3,(H,30,31). The van der Waals surface area contributed by atoms with Crippen molar-refractivity contribution < 1.29 is 9.90 Å². The first kappa shape index (κ1) is 19.1. The number of para-hydroxylation sites is 1. The average Bonchev–Trinajstić information content (AvgIpc) is 3.36. The number of pyridine rings is 1. The number of nitrogens with zero attached hydrogens (tertiary/aromatic N) is 4. The molecule has 0 spiro atoms. The number of carboxylic acid groups (broad SMARTS) is 1. The molecular formula is C25H22N4O2. The molecule has 0 atom stereocenters. The van der Waals surface area contributed by atoms with Crippen LogP contribution >= 0.6 is 0 Å². The molecule has 0 aliphatic heterocycles. The Morgan fingerprint density at radius 2 is 1.94 bits per heavy atom. The van der Waals surface area contributed by atoms with Crippen LogP contribution in [0.5, 0.6) is 0 Å². The Balaban J connectivity index is 1.56. The number of aromatic carboxylic acids is 1. The summed E-state index contributed by atoms with van der Waals surface area (Å²) >= 11 is 0. The van der Waals surface area contributed by atoms with E-state index < -0.39 is 5.97 Å². The molecule has 1 N–H and O–H groups in total. The van der Waals surface area contributed by atoms with Crippen LogP contribution in [0.1, 0.15) is 34.2 Å². The first-order chi connectivity index (χ1) is 15.1. The Morgan fingerprint density at radius 3 is 2.68 bits per heavy atom. The SMILES string of the molecule is CCN(c1ccccc1)c1ccc2c(C3=Cc4nccc(C(=O)O)c4C3)nn(C)c2c1. The largest absolute Gasteiger partial charge is 0.478 e. The molecule has 4 aromatic rings. The second-order valence-corrected chi connectivity index (χ2v) is 7.63. The molecule has 2 aromatic heterocycles. The fourth-order valence-corrected chi connectivity index (χ4v) is 4.35. The van der Waals surface area contributed by atoms with Crippen LogP contribution in [0.4, 0.5) is 11.4 Å². The number of benzene rings is 2. The number of aryl methyl sites for hydroxylation is 1. The molecule has 0 amide bonds. The van der Waals surface area contributed by atoms with Crippen molar-refractivity contribution in [1.82, 2.24) is 14.8 Å². The third-order valence-corrected chi connectivity index (χ3v) is 5.83. The number of fused-ring (bicyclic) bond motifs is 2. The molecule has 0 radical (unpaired) electrons. The van der Waals surface area contributed by atoms with Gasteiger partial charge in [-0.2, -0.15) is 5.10 Å². The van der Waals surface area contributed by atoms with Crippen molar-refractivity contribution in [3.8, 4) is 0 Å².